The summed E-state index contributed by atoms with van der Waals surface area (Å²) in [6.07, 6.45) is 0. The van der Waals surface area contributed by atoms with Crippen LogP contribution >= 0.6 is 0 Å². The largest absolute Gasteiger partial charge is 0.492 e. The summed E-state index contributed by atoms with van der Waals surface area (Å²) in [4.78, 5) is 41.2. The van der Waals surface area contributed by atoms with E-state index in [1.165, 1.54) is 24.3 Å². The molecule has 0 saturated carbocycles. The van der Waals surface area contributed by atoms with Crippen LogP contribution in [0.5, 0.6) is 5.75 Å². The molecule has 0 fully saturated rings. The third-order valence-electron chi connectivity index (χ3n) is 5.49. The Hall–Kier alpha value is -4.46. The van der Waals surface area contributed by atoms with Crippen LogP contribution in [-0.4, -0.2) is 29.9 Å². The Balaban J connectivity index is 1.90. The van der Waals surface area contributed by atoms with Crippen molar-refractivity contribution in [2.45, 2.75) is 13.8 Å². The van der Waals surface area contributed by atoms with Crippen LogP contribution in [0.4, 0.5) is 17.1 Å². The maximum absolute atomic E-state index is 13.8. The Morgan fingerprint density at radius 1 is 0.882 bits per heavy atom. The van der Waals surface area contributed by atoms with Crippen molar-refractivity contribution in [3.63, 3.8) is 0 Å². The predicted molar refractivity (Wildman–Crippen MR) is 130 cm³/mol. The van der Waals surface area contributed by atoms with E-state index in [0.29, 0.717) is 30.2 Å². The van der Waals surface area contributed by atoms with Crippen molar-refractivity contribution in [1.29, 1.82) is 0 Å². The number of para-hydroxylation sites is 3. The summed E-state index contributed by atoms with van der Waals surface area (Å²) in [5.41, 5.74) is 1.80. The molecule has 0 aromatic heterocycles. The number of non-ortho nitro benzene ring substituents is 1. The molecule has 0 unspecified atom stereocenters. The van der Waals surface area contributed by atoms with Gasteiger partial charge in [-0.05, 0) is 55.8 Å². The molecule has 1 heterocycles. The van der Waals surface area contributed by atoms with E-state index in [1.807, 2.05) is 44.2 Å². The van der Waals surface area contributed by atoms with Gasteiger partial charge in [-0.2, -0.15) is 0 Å². The minimum atomic E-state index is -0.518. The van der Waals surface area contributed by atoms with Gasteiger partial charge in [-0.1, -0.05) is 30.3 Å². The summed E-state index contributed by atoms with van der Waals surface area (Å²) in [6.45, 7) is 4.51. The number of hydrogen-bond donors (Lipinski definition) is 0. The number of likely N-dealkylation sites (N-methyl/N-ethyl adjacent to an activating group) is 1. The van der Waals surface area contributed by atoms with Gasteiger partial charge in [0.05, 0.1) is 22.8 Å². The fraction of sp³-hybridized carbons (Fsp3) is 0.154. The van der Waals surface area contributed by atoms with Gasteiger partial charge in [0.2, 0.25) is 0 Å². The van der Waals surface area contributed by atoms with Crippen molar-refractivity contribution < 1.29 is 19.2 Å². The van der Waals surface area contributed by atoms with Crippen LogP contribution in [0.3, 0.4) is 0 Å². The van der Waals surface area contributed by atoms with E-state index in [-0.39, 0.29) is 17.0 Å². The molecule has 3 aromatic rings. The number of hydrogen-bond acceptors (Lipinski definition) is 6. The number of amides is 2. The molecule has 0 N–H and O–H groups in total. The lowest BCUT2D eigenvalue weighted by Gasteiger charge is -2.25. The fourth-order valence-corrected chi connectivity index (χ4v) is 3.99. The first kappa shape index (κ1) is 22.7. The second kappa shape index (κ2) is 9.58. The Kier molecular flexibility index (Phi) is 6.40. The number of imide groups is 1. The first-order chi connectivity index (χ1) is 16.5. The van der Waals surface area contributed by atoms with E-state index >= 15 is 0 Å². The minimum Gasteiger partial charge on any atom is -0.492 e. The Morgan fingerprint density at radius 3 is 2.15 bits per heavy atom. The molecule has 0 saturated heterocycles. The summed E-state index contributed by atoms with van der Waals surface area (Å²) < 4.78 is 5.68. The number of nitro groups is 1. The van der Waals surface area contributed by atoms with Crippen molar-refractivity contribution in [3.05, 3.63) is 100 Å². The van der Waals surface area contributed by atoms with Gasteiger partial charge in [-0.15, -0.1) is 0 Å². The molecule has 3 aromatic carbocycles. The second-order valence-electron chi connectivity index (χ2n) is 7.45. The zero-order valence-electron chi connectivity index (χ0n) is 18.8. The lowest BCUT2D eigenvalue weighted by atomic mass is 10.0. The average molecular weight is 457 g/mol. The third kappa shape index (κ3) is 4.01. The van der Waals surface area contributed by atoms with Gasteiger partial charge in [0.15, 0.2) is 0 Å². The van der Waals surface area contributed by atoms with Crippen molar-refractivity contribution in [2.75, 3.05) is 23.0 Å². The second-order valence-corrected chi connectivity index (χ2v) is 7.45. The normalized spacial score (nSPS) is 13.4. The van der Waals surface area contributed by atoms with Gasteiger partial charge in [0.25, 0.3) is 17.5 Å². The molecule has 1 aliphatic heterocycles. The Labute approximate surface area is 196 Å². The fourth-order valence-electron chi connectivity index (χ4n) is 3.99. The monoisotopic (exact) mass is 457 g/mol. The maximum Gasteiger partial charge on any atom is 0.282 e. The van der Waals surface area contributed by atoms with Gasteiger partial charge in [0.1, 0.15) is 11.4 Å². The molecule has 8 nitrogen and oxygen atoms in total. The van der Waals surface area contributed by atoms with Crippen LogP contribution in [0.1, 0.15) is 19.4 Å². The standard InChI is InChI=1S/C26H23N3O5/c1-3-27(19-10-6-5-7-11-19)24-23(18-14-16-20(17-15-18)29(32)33)25(30)28(26(24)31)21-12-8-9-13-22(21)34-4-2/h5-17H,3-4H2,1-2H3. The maximum atomic E-state index is 13.8. The van der Waals surface area contributed by atoms with Crippen LogP contribution in [0.15, 0.2) is 84.6 Å². The zero-order chi connectivity index (χ0) is 24.2. The average Bonchev–Trinajstić information content (AvgIpc) is 3.11. The molecule has 34 heavy (non-hydrogen) atoms. The number of benzene rings is 3. The van der Waals surface area contributed by atoms with Crippen LogP contribution in [0, 0.1) is 10.1 Å². The van der Waals surface area contributed by atoms with Crippen LogP contribution in [0.25, 0.3) is 5.57 Å². The molecule has 1 aliphatic rings. The summed E-state index contributed by atoms with van der Waals surface area (Å²) >= 11 is 0. The molecule has 0 aliphatic carbocycles. The van der Waals surface area contributed by atoms with E-state index in [9.17, 15) is 19.7 Å². The summed E-state index contributed by atoms with van der Waals surface area (Å²) in [6, 6.07) is 21.8. The van der Waals surface area contributed by atoms with E-state index in [2.05, 4.69) is 0 Å². The molecule has 4 rings (SSSR count). The number of rotatable bonds is 8. The van der Waals surface area contributed by atoms with Crippen molar-refractivity contribution in [1.82, 2.24) is 0 Å². The smallest absolute Gasteiger partial charge is 0.282 e. The lowest BCUT2D eigenvalue weighted by molar-refractivity contribution is -0.384. The van der Waals surface area contributed by atoms with Gasteiger partial charge >= 0.3 is 0 Å². The first-order valence-corrected chi connectivity index (χ1v) is 10.9. The number of nitro benzene ring substituents is 1. The summed E-state index contributed by atoms with van der Waals surface area (Å²) in [5, 5.41) is 11.1. The molecule has 0 bridgehead atoms. The predicted octanol–water partition coefficient (Wildman–Crippen LogP) is 4.80. The van der Waals surface area contributed by atoms with E-state index < -0.39 is 16.7 Å². The summed E-state index contributed by atoms with van der Waals surface area (Å²) in [7, 11) is 0. The molecule has 0 spiro atoms. The molecular formula is C26H23N3O5. The molecule has 0 radical (unpaired) electrons. The van der Waals surface area contributed by atoms with Gasteiger partial charge in [-0.3, -0.25) is 19.7 Å². The topological polar surface area (TPSA) is 93.0 Å². The van der Waals surface area contributed by atoms with Crippen molar-refractivity contribution in [2.24, 2.45) is 0 Å². The number of anilines is 2. The van der Waals surface area contributed by atoms with Gasteiger partial charge in [-0.25, -0.2) is 4.90 Å². The highest BCUT2D eigenvalue weighted by Gasteiger charge is 2.43. The summed E-state index contributed by atoms with van der Waals surface area (Å²) in [5.74, 6) is -0.592. The lowest BCUT2D eigenvalue weighted by Crippen LogP contribution is -2.35. The van der Waals surface area contributed by atoms with Crippen molar-refractivity contribution in [3.8, 4) is 5.75 Å². The first-order valence-electron chi connectivity index (χ1n) is 10.9. The van der Waals surface area contributed by atoms with Crippen molar-refractivity contribution >= 4 is 34.4 Å². The molecule has 0 atom stereocenters. The number of ether oxygens (including phenoxy) is 1. The van der Waals surface area contributed by atoms with E-state index in [0.717, 1.165) is 10.6 Å². The number of carbonyl (C=O) groups excluding carboxylic acids is 2. The molecular weight excluding hydrogens is 434 g/mol. The third-order valence-corrected chi connectivity index (χ3v) is 5.49. The van der Waals surface area contributed by atoms with Gasteiger partial charge < -0.3 is 9.64 Å². The van der Waals surface area contributed by atoms with E-state index in [1.54, 1.807) is 29.2 Å². The Bertz CT molecular complexity index is 1270. The molecule has 172 valence electrons. The quantitative estimate of drug-likeness (QED) is 0.274. The number of nitrogens with zero attached hydrogens (tertiary/aromatic N) is 3. The number of carbonyl (C=O) groups is 2. The van der Waals surface area contributed by atoms with Crippen LogP contribution < -0.4 is 14.5 Å². The minimum absolute atomic E-state index is 0.100. The molecule has 2 amide bonds. The highest BCUT2D eigenvalue weighted by molar-refractivity contribution is 6.46. The zero-order valence-corrected chi connectivity index (χ0v) is 18.8. The SMILES string of the molecule is CCOc1ccccc1N1C(=O)C(c2ccc([N+](=O)[O-])cc2)=C(N(CC)c2ccccc2)C1=O. The highest BCUT2D eigenvalue weighted by Crippen LogP contribution is 2.40. The van der Waals surface area contributed by atoms with Crippen LogP contribution in [0.2, 0.25) is 0 Å². The van der Waals surface area contributed by atoms with E-state index in [4.69, 9.17) is 4.74 Å². The molecule has 8 heteroatoms. The van der Waals surface area contributed by atoms with Crippen LogP contribution in [-0.2, 0) is 9.59 Å². The highest BCUT2D eigenvalue weighted by atomic mass is 16.6. The van der Waals surface area contributed by atoms with Gasteiger partial charge in [0, 0.05) is 24.4 Å². The Morgan fingerprint density at radius 2 is 1.53 bits per heavy atom.